The Morgan fingerprint density at radius 1 is 1.06 bits per heavy atom. The molecular formula is C24H17Cl2N3O3. The average molecular weight is 466 g/mol. The van der Waals surface area contributed by atoms with Gasteiger partial charge in [0, 0.05) is 39.7 Å². The van der Waals surface area contributed by atoms with E-state index in [2.05, 4.69) is 10.3 Å². The number of carbonyl (C=O) groups is 1. The van der Waals surface area contributed by atoms with E-state index in [9.17, 15) is 9.59 Å². The molecule has 5 rings (SSSR count). The van der Waals surface area contributed by atoms with Gasteiger partial charge in [-0.1, -0.05) is 41.4 Å². The van der Waals surface area contributed by atoms with Crippen LogP contribution >= 0.6 is 23.2 Å². The summed E-state index contributed by atoms with van der Waals surface area (Å²) in [6, 6.07) is 17.2. The summed E-state index contributed by atoms with van der Waals surface area (Å²) < 4.78 is 7.09. The maximum absolute atomic E-state index is 13.0. The number of aromatic nitrogens is 2. The first-order valence-electron chi connectivity index (χ1n) is 10.0. The van der Waals surface area contributed by atoms with Crippen molar-refractivity contribution < 1.29 is 9.53 Å². The number of nitrogens with zero attached hydrogens (tertiary/aromatic N) is 2. The van der Waals surface area contributed by atoms with Gasteiger partial charge in [0.05, 0.1) is 23.9 Å². The average Bonchev–Trinajstić information content (AvgIpc) is 2.78. The molecule has 0 bridgehead atoms. The highest BCUT2D eigenvalue weighted by Crippen LogP contribution is 2.32. The van der Waals surface area contributed by atoms with Crippen molar-refractivity contribution in [1.29, 1.82) is 0 Å². The second-order valence-corrected chi connectivity index (χ2v) is 8.35. The van der Waals surface area contributed by atoms with E-state index >= 15 is 0 Å². The molecule has 1 atom stereocenters. The van der Waals surface area contributed by atoms with Crippen LogP contribution in [0.2, 0.25) is 10.0 Å². The van der Waals surface area contributed by atoms with Gasteiger partial charge in [0.1, 0.15) is 11.4 Å². The maximum atomic E-state index is 13.0. The van der Waals surface area contributed by atoms with Gasteiger partial charge in [-0.25, -0.2) is 4.98 Å². The first-order chi connectivity index (χ1) is 15.5. The lowest BCUT2D eigenvalue weighted by atomic mass is 10.00. The van der Waals surface area contributed by atoms with E-state index in [1.807, 2.05) is 24.3 Å². The Bertz CT molecular complexity index is 1400. The van der Waals surface area contributed by atoms with Crippen LogP contribution < -0.4 is 15.6 Å². The van der Waals surface area contributed by atoms with Crippen LogP contribution in [0, 0.1) is 0 Å². The zero-order chi connectivity index (χ0) is 22.2. The fourth-order valence-corrected chi connectivity index (χ4v) is 4.41. The monoisotopic (exact) mass is 465 g/mol. The van der Waals surface area contributed by atoms with Crippen LogP contribution in [0.15, 0.2) is 71.7 Å². The Hall–Kier alpha value is -3.35. The minimum absolute atomic E-state index is 0.147. The molecule has 8 heteroatoms. The fraction of sp³-hybridized carbons (Fsp3) is 0.125. The molecule has 1 aliphatic rings. The zero-order valence-electron chi connectivity index (χ0n) is 16.7. The molecule has 3 heterocycles. The number of carbonyl (C=O) groups excluding carboxylic acids is 1. The van der Waals surface area contributed by atoms with Gasteiger partial charge in [-0.05, 0) is 36.4 Å². The van der Waals surface area contributed by atoms with E-state index < -0.39 is 0 Å². The highest BCUT2D eigenvalue weighted by Gasteiger charge is 2.23. The first-order valence-corrected chi connectivity index (χ1v) is 10.8. The lowest BCUT2D eigenvalue weighted by Crippen LogP contribution is -2.32. The molecule has 0 saturated carbocycles. The molecule has 1 N–H and O–H groups in total. The molecule has 160 valence electrons. The normalized spacial score (nSPS) is 15.1. The second-order valence-electron chi connectivity index (χ2n) is 7.47. The molecule has 0 fully saturated rings. The largest absolute Gasteiger partial charge is 0.493 e. The predicted octanol–water partition coefficient (Wildman–Crippen LogP) is 4.95. The van der Waals surface area contributed by atoms with Crippen LogP contribution in [0.5, 0.6) is 5.75 Å². The molecule has 0 spiro atoms. The Morgan fingerprint density at radius 3 is 2.66 bits per heavy atom. The number of rotatable bonds is 3. The summed E-state index contributed by atoms with van der Waals surface area (Å²) in [7, 11) is 0. The summed E-state index contributed by atoms with van der Waals surface area (Å²) in [5.41, 5.74) is 1.98. The summed E-state index contributed by atoms with van der Waals surface area (Å²) in [6.45, 7) is 0.534. The van der Waals surface area contributed by atoms with Gasteiger partial charge < -0.3 is 10.1 Å². The van der Waals surface area contributed by atoms with Gasteiger partial charge in [-0.2, -0.15) is 0 Å². The summed E-state index contributed by atoms with van der Waals surface area (Å²) >= 11 is 12.2. The Kier molecular flexibility index (Phi) is 5.33. The molecule has 0 radical (unpaired) electrons. The van der Waals surface area contributed by atoms with E-state index in [1.165, 1.54) is 16.8 Å². The van der Waals surface area contributed by atoms with E-state index in [1.54, 1.807) is 30.3 Å². The lowest BCUT2D eigenvalue weighted by molar-refractivity contribution is 0.0924. The molecule has 1 amide bonds. The number of nitrogens with one attached hydrogen (secondary N) is 1. The second kappa shape index (κ2) is 8.30. The minimum atomic E-state index is -0.278. The molecule has 6 nitrogen and oxygen atoms in total. The van der Waals surface area contributed by atoms with E-state index in [4.69, 9.17) is 27.9 Å². The van der Waals surface area contributed by atoms with Gasteiger partial charge >= 0.3 is 0 Å². The number of ether oxygens (including phenoxy) is 1. The van der Waals surface area contributed by atoms with Crippen molar-refractivity contribution in [2.45, 2.75) is 12.5 Å². The highest BCUT2D eigenvalue weighted by molar-refractivity contribution is 6.34. The number of benzene rings is 2. The number of halogens is 2. The molecule has 0 saturated heterocycles. The van der Waals surface area contributed by atoms with Gasteiger partial charge in [0.15, 0.2) is 0 Å². The number of hydrogen-bond acceptors (Lipinski definition) is 4. The number of fused-ring (bicyclic) bond motifs is 2. The topological polar surface area (TPSA) is 73.2 Å². The number of hydrogen-bond donors (Lipinski definition) is 1. The van der Waals surface area contributed by atoms with E-state index in [0.717, 1.165) is 11.3 Å². The first kappa shape index (κ1) is 20.5. The van der Waals surface area contributed by atoms with Crippen LogP contribution in [-0.4, -0.2) is 22.1 Å². The third-order valence-electron chi connectivity index (χ3n) is 5.36. The quantitative estimate of drug-likeness (QED) is 0.464. The maximum Gasteiger partial charge on any atom is 0.256 e. The third-order valence-corrected chi connectivity index (χ3v) is 5.80. The van der Waals surface area contributed by atoms with Crippen LogP contribution in [0.1, 0.15) is 28.4 Å². The van der Waals surface area contributed by atoms with Crippen LogP contribution in [0.4, 0.5) is 0 Å². The molecule has 32 heavy (non-hydrogen) atoms. The molecule has 1 aliphatic heterocycles. The lowest BCUT2D eigenvalue weighted by Gasteiger charge is -2.26. The molecule has 2 aromatic heterocycles. The predicted molar refractivity (Wildman–Crippen MR) is 124 cm³/mol. The molecular weight excluding hydrogens is 449 g/mol. The van der Waals surface area contributed by atoms with Gasteiger partial charge in [0.25, 0.3) is 11.5 Å². The van der Waals surface area contributed by atoms with Crippen LogP contribution in [-0.2, 0) is 0 Å². The smallest absolute Gasteiger partial charge is 0.256 e. The van der Waals surface area contributed by atoms with Crippen LogP contribution in [0.3, 0.4) is 0 Å². The van der Waals surface area contributed by atoms with Crippen molar-refractivity contribution in [3.05, 3.63) is 98.4 Å². The van der Waals surface area contributed by atoms with Gasteiger partial charge in [0.2, 0.25) is 0 Å². The van der Waals surface area contributed by atoms with Crippen molar-refractivity contribution in [1.82, 2.24) is 14.9 Å². The van der Waals surface area contributed by atoms with Crippen molar-refractivity contribution in [3.8, 4) is 11.4 Å². The Morgan fingerprint density at radius 2 is 1.84 bits per heavy atom. The SMILES string of the molecule is O=C(N[C@H]1CCOc2ccccc21)c1cnc2c(ccc(=O)n2-c2cc(Cl)cc(Cl)c2)c1. The van der Waals surface area contributed by atoms with Crippen molar-refractivity contribution >= 4 is 40.1 Å². The standard InChI is InChI=1S/C24H17Cl2N3O3/c25-16-10-17(26)12-18(11-16)29-22(30)6-5-14-9-15(13-27-23(14)29)24(31)28-20-7-8-32-21-4-2-1-3-19(20)21/h1-6,9-13,20H,7-8H2,(H,28,31)/t20-/m0/s1. The van der Waals surface area contributed by atoms with Crippen molar-refractivity contribution in [3.63, 3.8) is 0 Å². The van der Waals surface area contributed by atoms with Gasteiger partial charge in [-0.3, -0.25) is 14.2 Å². The van der Waals surface area contributed by atoms with E-state index in [0.29, 0.717) is 45.4 Å². The summed E-state index contributed by atoms with van der Waals surface area (Å²) in [5.74, 6) is 0.537. The summed E-state index contributed by atoms with van der Waals surface area (Å²) in [6.07, 6.45) is 2.14. The van der Waals surface area contributed by atoms with Crippen molar-refractivity contribution in [2.24, 2.45) is 0 Å². The number of amides is 1. The summed E-state index contributed by atoms with van der Waals surface area (Å²) in [5, 5.41) is 4.52. The Balaban J connectivity index is 1.50. The van der Waals surface area contributed by atoms with Crippen LogP contribution in [0.25, 0.3) is 16.7 Å². The molecule has 4 aromatic rings. The molecule has 0 unspecified atom stereocenters. The summed E-state index contributed by atoms with van der Waals surface area (Å²) in [4.78, 5) is 30.0. The highest BCUT2D eigenvalue weighted by atomic mass is 35.5. The molecule has 0 aliphatic carbocycles. The Labute approximate surface area is 193 Å². The van der Waals surface area contributed by atoms with Gasteiger partial charge in [-0.15, -0.1) is 0 Å². The number of para-hydroxylation sites is 1. The number of pyridine rings is 2. The minimum Gasteiger partial charge on any atom is -0.493 e. The zero-order valence-corrected chi connectivity index (χ0v) is 18.2. The third kappa shape index (κ3) is 3.83. The van der Waals surface area contributed by atoms with Crippen molar-refractivity contribution in [2.75, 3.05) is 6.61 Å². The molecule has 2 aromatic carbocycles. The van der Waals surface area contributed by atoms with E-state index in [-0.39, 0.29) is 17.5 Å². The fourth-order valence-electron chi connectivity index (χ4n) is 3.90.